The van der Waals surface area contributed by atoms with Crippen LogP contribution in [0.4, 0.5) is 18.9 Å². The van der Waals surface area contributed by atoms with Crippen LogP contribution < -0.4 is 4.31 Å². The minimum Gasteiger partial charge on any atom is -0.413 e. The maximum atomic E-state index is 13.8. The lowest BCUT2D eigenvalue weighted by molar-refractivity contribution is -0.156. The summed E-state index contributed by atoms with van der Waals surface area (Å²) in [5.74, 6) is 2.39. The van der Waals surface area contributed by atoms with Gasteiger partial charge in [-0.15, -0.1) is 10.2 Å². The van der Waals surface area contributed by atoms with Gasteiger partial charge in [0.2, 0.25) is 5.89 Å². The van der Waals surface area contributed by atoms with E-state index in [1.165, 1.54) is 6.20 Å². The predicted octanol–water partition coefficient (Wildman–Crippen LogP) is 3.97. The highest BCUT2D eigenvalue weighted by molar-refractivity contribution is 8.02. The first kappa shape index (κ1) is 22.3. The topological polar surface area (TPSA) is 81.4 Å². The Bertz CT molecular complexity index is 1140. The highest BCUT2D eigenvalue weighted by Crippen LogP contribution is 2.31. The number of hydrogen-bond donors (Lipinski definition) is 0. The van der Waals surface area contributed by atoms with Crippen molar-refractivity contribution in [3.63, 3.8) is 0 Å². The number of ether oxygens (including phenoxy) is 1. The largest absolute Gasteiger partial charge is 0.470 e. The van der Waals surface area contributed by atoms with Crippen LogP contribution in [0.3, 0.4) is 0 Å². The van der Waals surface area contributed by atoms with Crippen molar-refractivity contribution in [3.8, 4) is 11.5 Å². The number of rotatable bonds is 6. The molecule has 0 spiro atoms. The molecule has 0 radical (unpaired) electrons. The maximum absolute atomic E-state index is 13.8. The van der Waals surface area contributed by atoms with Gasteiger partial charge in [0.25, 0.3) is 0 Å². The Morgan fingerprint density at radius 1 is 1.09 bits per heavy atom. The first-order chi connectivity index (χ1) is 15.2. The molecule has 1 fully saturated rings. The molecule has 1 aliphatic rings. The molecule has 32 heavy (non-hydrogen) atoms. The van der Waals surface area contributed by atoms with Crippen LogP contribution in [-0.4, -0.2) is 43.7 Å². The van der Waals surface area contributed by atoms with Crippen LogP contribution in [-0.2, 0) is 27.2 Å². The summed E-state index contributed by atoms with van der Waals surface area (Å²) in [6, 6.07) is 12.5. The Hall–Kier alpha value is -2.92. The molecule has 3 aromatic rings. The Balaban J connectivity index is 1.59. The molecule has 1 saturated heterocycles. The number of halogens is 3. The Kier molecular flexibility index (Phi) is 6.20. The van der Waals surface area contributed by atoms with E-state index in [2.05, 4.69) is 21.1 Å². The molecule has 0 bridgehead atoms. The van der Waals surface area contributed by atoms with E-state index in [1.54, 1.807) is 16.4 Å². The summed E-state index contributed by atoms with van der Waals surface area (Å²) in [4.78, 5) is 4.32. The number of nitrogens with zero attached hydrogens (tertiary/aromatic N) is 4. The van der Waals surface area contributed by atoms with Gasteiger partial charge in [0.1, 0.15) is 0 Å². The number of hydrogen-bond acceptors (Lipinski definition) is 6. The number of benzene rings is 1. The van der Waals surface area contributed by atoms with Crippen molar-refractivity contribution in [2.45, 2.75) is 30.8 Å². The van der Waals surface area contributed by atoms with Gasteiger partial charge in [-0.2, -0.15) is 13.2 Å². The van der Waals surface area contributed by atoms with Crippen molar-refractivity contribution in [2.24, 2.45) is 0 Å². The number of anilines is 1. The van der Waals surface area contributed by atoms with Crippen LogP contribution in [0, 0.1) is 0 Å². The fourth-order valence-corrected chi connectivity index (χ4v) is 5.56. The third-order valence-electron chi connectivity index (χ3n) is 5.15. The second kappa shape index (κ2) is 8.91. The van der Waals surface area contributed by atoms with E-state index in [1.807, 2.05) is 30.3 Å². The molecule has 7 nitrogen and oxygen atoms in total. The van der Waals surface area contributed by atoms with Crippen molar-refractivity contribution >= 4 is 21.3 Å². The van der Waals surface area contributed by atoms with Gasteiger partial charge in [-0.1, -0.05) is 18.2 Å². The molecule has 4 rings (SSSR count). The lowest BCUT2D eigenvalue weighted by atomic mass is 10.2. The van der Waals surface area contributed by atoms with Gasteiger partial charge in [0.15, 0.2) is 0 Å². The summed E-state index contributed by atoms with van der Waals surface area (Å²) in [7, 11) is -2.70. The molecule has 1 aliphatic heterocycles. The fraction of sp³-hybridized carbons (Fsp3) is 0.333. The molecule has 0 saturated carbocycles. The van der Waals surface area contributed by atoms with Gasteiger partial charge in [0.05, 0.1) is 27.5 Å². The maximum Gasteiger partial charge on any atom is 0.470 e. The highest BCUT2D eigenvalue weighted by Gasteiger charge is 2.38. The lowest BCUT2D eigenvalue weighted by Gasteiger charge is -2.35. The summed E-state index contributed by atoms with van der Waals surface area (Å²) in [5, 5.41) is 6.33. The first-order valence-corrected chi connectivity index (χ1v) is 11.6. The van der Waals surface area contributed by atoms with Gasteiger partial charge in [-0.05, 0) is 43.0 Å². The Morgan fingerprint density at radius 2 is 1.81 bits per heavy atom. The zero-order valence-electron chi connectivity index (χ0n) is 17.0. The van der Waals surface area contributed by atoms with Gasteiger partial charge >= 0.3 is 12.1 Å². The molecule has 2 aromatic heterocycles. The highest BCUT2D eigenvalue weighted by atomic mass is 32.2. The second-order valence-electron chi connectivity index (χ2n) is 7.32. The fourth-order valence-electron chi connectivity index (χ4n) is 3.44. The van der Waals surface area contributed by atoms with E-state index < -0.39 is 21.8 Å². The summed E-state index contributed by atoms with van der Waals surface area (Å²) >= 11 is 0. The average molecular weight is 466 g/mol. The molecule has 0 aliphatic carbocycles. The monoisotopic (exact) mass is 466 g/mol. The van der Waals surface area contributed by atoms with Gasteiger partial charge < -0.3 is 9.15 Å². The molecule has 3 heterocycles. The number of para-hydroxylation sites is 1. The van der Waals surface area contributed by atoms with Crippen molar-refractivity contribution in [3.05, 3.63) is 60.2 Å². The van der Waals surface area contributed by atoms with Crippen molar-refractivity contribution in [2.75, 3.05) is 17.5 Å². The van der Waals surface area contributed by atoms with Crippen LogP contribution >= 0.6 is 0 Å². The molecule has 170 valence electrons. The van der Waals surface area contributed by atoms with Crippen molar-refractivity contribution in [1.29, 1.82) is 0 Å². The van der Waals surface area contributed by atoms with Crippen LogP contribution in [0.5, 0.6) is 0 Å². The normalized spacial score (nSPS) is 17.1. The second-order valence-corrected chi connectivity index (χ2v) is 9.81. The zero-order chi connectivity index (χ0) is 22.8. The van der Waals surface area contributed by atoms with Crippen LogP contribution in [0.1, 0.15) is 24.4 Å². The minimum absolute atomic E-state index is 0.130. The third kappa shape index (κ3) is 4.78. The minimum atomic E-state index is -4.71. The van der Waals surface area contributed by atoms with E-state index in [-0.39, 0.29) is 23.2 Å². The van der Waals surface area contributed by atoms with Crippen molar-refractivity contribution < 1.29 is 26.5 Å². The van der Waals surface area contributed by atoms with Crippen LogP contribution in [0.2, 0.25) is 0 Å². The van der Waals surface area contributed by atoms with Crippen molar-refractivity contribution in [1.82, 2.24) is 15.2 Å². The SMILES string of the molecule is C=S(=O)(C1CCOCC1)N(Cc1ccc(-c2nnc(C(F)(F)F)o2)cn1)c1ccccc1. The molecule has 11 heteroatoms. The van der Waals surface area contributed by atoms with Crippen LogP contribution in [0.25, 0.3) is 11.5 Å². The van der Waals surface area contributed by atoms with E-state index in [0.717, 1.165) is 5.69 Å². The molecule has 0 amide bonds. The van der Waals surface area contributed by atoms with Crippen LogP contribution in [0.15, 0.2) is 53.1 Å². The van der Waals surface area contributed by atoms with Gasteiger partial charge in [0, 0.05) is 30.3 Å². The Morgan fingerprint density at radius 3 is 2.41 bits per heavy atom. The average Bonchev–Trinajstić information content (AvgIpc) is 3.30. The van der Waals surface area contributed by atoms with E-state index >= 15 is 0 Å². The zero-order valence-corrected chi connectivity index (χ0v) is 17.8. The van der Waals surface area contributed by atoms with E-state index in [4.69, 9.17) is 9.15 Å². The summed E-state index contributed by atoms with van der Waals surface area (Å²) in [5.41, 5.74) is 1.57. The quantitative estimate of drug-likeness (QED) is 0.512. The van der Waals surface area contributed by atoms with E-state index in [9.17, 15) is 17.4 Å². The number of alkyl halides is 3. The molecular formula is C21H21F3N4O3S. The first-order valence-electron chi connectivity index (χ1n) is 9.88. The lowest BCUT2D eigenvalue weighted by Crippen LogP contribution is -2.41. The smallest absolute Gasteiger partial charge is 0.413 e. The van der Waals surface area contributed by atoms with Gasteiger partial charge in [-0.3, -0.25) is 9.29 Å². The molecule has 1 aromatic carbocycles. The van der Waals surface area contributed by atoms with Gasteiger partial charge in [-0.25, -0.2) is 4.21 Å². The predicted molar refractivity (Wildman–Crippen MR) is 114 cm³/mol. The van der Waals surface area contributed by atoms with E-state index in [0.29, 0.717) is 31.7 Å². The summed E-state index contributed by atoms with van der Waals surface area (Å²) in [6.45, 7) is 1.29. The Labute approximate surface area is 183 Å². The molecular weight excluding hydrogens is 445 g/mol. The number of aromatic nitrogens is 3. The molecule has 1 atom stereocenters. The molecule has 1 unspecified atom stereocenters. The molecule has 0 N–H and O–H groups in total. The summed E-state index contributed by atoms with van der Waals surface area (Å²) in [6.07, 6.45) is -2.06. The standard InChI is InChI=1S/C21H21F3N4O3S/c1-32(29,18-9-11-30-12-10-18)28(17-5-3-2-4-6-17)14-16-8-7-15(13-25-16)19-26-27-20(31-19)21(22,23)24/h2-8,13,18H,1,9-12,14H2. The third-order valence-corrected chi connectivity index (χ3v) is 7.75. The number of pyridine rings is 1. The summed E-state index contributed by atoms with van der Waals surface area (Å²) < 4.78 is 63.7.